The summed E-state index contributed by atoms with van der Waals surface area (Å²) >= 11 is 0. The lowest BCUT2D eigenvalue weighted by molar-refractivity contribution is 0.0931. The predicted octanol–water partition coefficient (Wildman–Crippen LogP) is 2.01. The van der Waals surface area contributed by atoms with E-state index in [1.807, 2.05) is 18.2 Å². The minimum absolute atomic E-state index is 0.00865. The van der Waals surface area contributed by atoms with E-state index in [1.165, 1.54) is 24.3 Å². The van der Waals surface area contributed by atoms with Crippen molar-refractivity contribution in [3.05, 3.63) is 88.3 Å². The number of tetrazole rings is 1. The van der Waals surface area contributed by atoms with E-state index >= 15 is 0 Å². The van der Waals surface area contributed by atoms with Crippen LogP contribution in [0.2, 0.25) is 0 Å². The van der Waals surface area contributed by atoms with Crippen molar-refractivity contribution in [2.75, 3.05) is 0 Å². The highest BCUT2D eigenvalue weighted by molar-refractivity contribution is 5.97. The van der Waals surface area contributed by atoms with Crippen molar-refractivity contribution < 1.29 is 14.0 Å². The zero-order valence-corrected chi connectivity index (χ0v) is 18.7. The zero-order chi connectivity index (χ0) is 25.1. The molecule has 0 unspecified atom stereocenters. The first-order valence-corrected chi connectivity index (χ1v) is 11.0. The van der Waals surface area contributed by atoms with Crippen LogP contribution >= 0.6 is 0 Å². The smallest absolute Gasteiger partial charge is 0.270 e. The van der Waals surface area contributed by atoms with E-state index < -0.39 is 17.6 Å². The molecule has 2 aromatic carbocycles. The molecule has 4 aromatic rings. The van der Waals surface area contributed by atoms with Gasteiger partial charge in [-0.2, -0.15) is 10.5 Å². The van der Waals surface area contributed by atoms with Gasteiger partial charge in [0.2, 0.25) is 5.82 Å². The number of hydrogen-bond acceptors (Lipinski definition) is 8. The van der Waals surface area contributed by atoms with Crippen LogP contribution in [0.4, 0.5) is 4.39 Å². The van der Waals surface area contributed by atoms with E-state index in [4.69, 9.17) is 5.26 Å². The summed E-state index contributed by atoms with van der Waals surface area (Å²) in [7, 11) is 0. The summed E-state index contributed by atoms with van der Waals surface area (Å²) in [6.07, 6.45) is 2.65. The molecule has 36 heavy (non-hydrogen) atoms. The van der Waals surface area contributed by atoms with Gasteiger partial charge >= 0.3 is 0 Å². The second kappa shape index (κ2) is 9.67. The highest BCUT2D eigenvalue weighted by atomic mass is 19.1. The van der Waals surface area contributed by atoms with Gasteiger partial charge in [0.15, 0.2) is 0 Å². The lowest BCUT2D eigenvalue weighted by atomic mass is 10.0. The van der Waals surface area contributed by atoms with Crippen molar-refractivity contribution in [3.63, 3.8) is 0 Å². The summed E-state index contributed by atoms with van der Waals surface area (Å²) in [4.78, 5) is 33.4. The molecule has 1 aliphatic rings. The zero-order valence-electron chi connectivity index (χ0n) is 18.7. The Balaban J connectivity index is 1.24. The van der Waals surface area contributed by atoms with Crippen LogP contribution in [0.3, 0.4) is 0 Å². The molecule has 178 valence electrons. The first-order valence-electron chi connectivity index (χ1n) is 11.0. The number of rotatable bonds is 6. The number of aromatic amines is 1. The molecular formula is C24H18FN9O2. The molecule has 0 spiro atoms. The van der Waals surface area contributed by atoms with Gasteiger partial charge in [-0.25, -0.2) is 14.4 Å². The third kappa shape index (κ3) is 4.62. The molecule has 0 aliphatic heterocycles. The Labute approximate surface area is 203 Å². The maximum atomic E-state index is 13.5. The molecule has 1 atom stereocenters. The highest BCUT2D eigenvalue weighted by Gasteiger charge is 2.26. The van der Waals surface area contributed by atoms with Crippen molar-refractivity contribution in [2.45, 2.75) is 25.4 Å². The summed E-state index contributed by atoms with van der Waals surface area (Å²) < 4.78 is 13.5. The molecule has 3 N–H and O–H groups in total. The van der Waals surface area contributed by atoms with Gasteiger partial charge in [0.25, 0.3) is 11.8 Å². The number of carbonyl (C=O) groups excluding carboxylic acids is 2. The van der Waals surface area contributed by atoms with Gasteiger partial charge in [0.05, 0.1) is 11.6 Å². The van der Waals surface area contributed by atoms with Crippen LogP contribution in [-0.4, -0.2) is 42.4 Å². The minimum Gasteiger partial charge on any atom is -0.347 e. The maximum Gasteiger partial charge on any atom is 0.270 e. The van der Waals surface area contributed by atoms with E-state index in [0.29, 0.717) is 11.4 Å². The fraction of sp³-hybridized carbons (Fsp3) is 0.167. The third-order valence-electron chi connectivity index (χ3n) is 5.87. The summed E-state index contributed by atoms with van der Waals surface area (Å²) in [6, 6.07) is 12.7. The average molecular weight is 483 g/mol. The van der Waals surface area contributed by atoms with Gasteiger partial charge in [0, 0.05) is 18.2 Å². The Morgan fingerprint density at radius 1 is 1.11 bits per heavy atom. The summed E-state index contributed by atoms with van der Waals surface area (Å²) in [6.45, 7) is 0.0596. The van der Waals surface area contributed by atoms with Gasteiger partial charge in [-0.05, 0) is 52.9 Å². The number of hydrogen-bond donors (Lipinski definition) is 3. The number of nitrogens with one attached hydrogen (secondary N) is 3. The maximum absolute atomic E-state index is 13.5. The average Bonchev–Trinajstić information content (AvgIpc) is 3.58. The lowest BCUT2D eigenvalue weighted by Gasteiger charge is -2.14. The summed E-state index contributed by atoms with van der Waals surface area (Å²) in [5, 5.41) is 28.6. The number of halogens is 1. The molecule has 0 radical (unpaired) electrons. The molecule has 12 heteroatoms. The molecule has 0 saturated carbocycles. The standard InChI is InChI=1S/C24H18FN9O2/c25-18-5-1-13(7-16(18)10-26)11-27-23(35)20-9-21(29-12-28-20)24(36)30-19-6-3-14-8-15(2-4-17(14)19)22-31-33-34-32-22/h1-2,4-5,7-9,12,19H,3,6,11H2,(H,27,35)(H,30,36)(H,31,32,33,34)/t19-/m0/s1. The fourth-order valence-corrected chi connectivity index (χ4v) is 4.07. The predicted molar refractivity (Wildman–Crippen MR) is 122 cm³/mol. The molecule has 2 aromatic heterocycles. The summed E-state index contributed by atoms with van der Waals surface area (Å²) in [5.74, 6) is -1.09. The highest BCUT2D eigenvalue weighted by Crippen LogP contribution is 2.33. The molecular weight excluding hydrogens is 465 g/mol. The van der Waals surface area contributed by atoms with Crippen LogP contribution in [0.15, 0.2) is 48.8 Å². The second-order valence-corrected chi connectivity index (χ2v) is 8.11. The van der Waals surface area contributed by atoms with E-state index in [0.717, 1.165) is 35.9 Å². The van der Waals surface area contributed by atoms with Gasteiger partial charge in [-0.1, -0.05) is 18.2 Å². The third-order valence-corrected chi connectivity index (χ3v) is 5.87. The summed E-state index contributed by atoms with van der Waals surface area (Å²) in [5.41, 5.74) is 3.43. The molecule has 2 amide bonds. The van der Waals surface area contributed by atoms with Crippen molar-refractivity contribution in [1.82, 2.24) is 41.2 Å². The minimum atomic E-state index is -0.628. The first kappa shape index (κ1) is 22.7. The Morgan fingerprint density at radius 3 is 2.72 bits per heavy atom. The number of nitrogens with zero attached hydrogens (tertiary/aromatic N) is 6. The number of H-pyrrole nitrogens is 1. The quantitative estimate of drug-likeness (QED) is 0.375. The van der Waals surface area contributed by atoms with Gasteiger partial charge in [0.1, 0.15) is 29.6 Å². The number of fused-ring (bicyclic) bond motifs is 1. The van der Waals surface area contributed by atoms with Crippen molar-refractivity contribution in [1.29, 1.82) is 5.26 Å². The number of aromatic nitrogens is 6. The second-order valence-electron chi connectivity index (χ2n) is 8.11. The van der Waals surface area contributed by atoms with Crippen LogP contribution in [-0.2, 0) is 13.0 Å². The molecule has 11 nitrogen and oxygen atoms in total. The number of carbonyl (C=O) groups is 2. The van der Waals surface area contributed by atoms with E-state index in [9.17, 15) is 14.0 Å². The number of nitriles is 1. The van der Waals surface area contributed by atoms with Crippen LogP contribution in [0, 0.1) is 17.1 Å². The molecule has 0 saturated heterocycles. The Kier molecular flexibility index (Phi) is 6.10. The van der Waals surface area contributed by atoms with Gasteiger partial charge < -0.3 is 10.6 Å². The van der Waals surface area contributed by atoms with Crippen molar-refractivity contribution >= 4 is 11.8 Å². The van der Waals surface area contributed by atoms with E-state index in [2.05, 4.69) is 41.2 Å². The monoisotopic (exact) mass is 483 g/mol. The molecule has 2 heterocycles. The first-order chi connectivity index (χ1) is 17.5. The Hall–Kier alpha value is -5.05. The molecule has 0 fully saturated rings. The van der Waals surface area contributed by atoms with Crippen molar-refractivity contribution in [2.24, 2.45) is 0 Å². The van der Waals surface area contributed by atoms with E-state index in [1.54, 1.807) is 6.07 Å². The molecule has 0 bridgehead atoms. The normalized spacial score (nSPS) is 14.1. The Morgan fingerprint density at radius 2 is 1.94 bits per heavy atom. The van der Waals surface area contributed by atoms with Crippen LogP contribution in [0.25, 0.3) is 11.4 Å². The Bertz CT molecular complexity index is 1500. The van der Waals surface area contributed by atoms with Crippen LogP contribution < -0.4 is 10.6 Å². The van der Waals surface area contributed by atoms with Crippen molar-refractivity contribution in [3.8, 4) is 17.5 Å². The molecule has 5 rings (SSSR count). The molecule has 1 aliphatic carbocycles. The topological polar surface area (TPSA) is 162 Å². The lowest BCUT2D eigenvalue weighted by Crippen LogP contribution is -2.29. The van der Waals surface area contributed by atoms with E-state index in [-0.39, 0.29) is 29.5 Å². The van der Waals surface area contributed by atoms with Gasteiger partial charge in [-0.3, -0.25) is 9.59 Å². The van der Waals surface area contributed by atoms with Gasteiger partial charge in [-0.15, -0.1) is 10.2 Å². The largest absolute Gasteiger partial charge is 0.347 e. The fourth-order valence-electron chi connectivity index (χ4n) is 4.07. The number of benzene rings is 2. The van der Waals surface area contributed by atoms with Crippen LogP contribution in [0.1, 0.15) is 55.7 Å². The van der Waals surface area contributed by atoms with Crippen LogP contribution in [0.5, 0.6) is 0 Å². The number of amides is 2. The number of aryl methyl sites for hydroxylation is 1. The SMILES string of the molecule is N#Cc1cc(CNC(=O)c2cc(C(=O)N[C@H]3CCc4cc(-c5nn[nH]n5)ccc43)ncn2)ccc1F.